The maximum Gasteiger partial charge on any atom is 0.303 e. The Bertz CT molecular complexity index is 337. The van der Waals surface area contributed by atoms with E-state index in [2.05, 4.69) is 4.72 Å². The highest BCUT2D eigenvalue weighted by molar-refractivity contribution is 7.89. The maximum absolute atomic E-state index is 11.4. The summed E-state index contributed by atoms with van der Waals surface area (Å²) in [4.78, 5) is 10.2. The molecule has 1 rings (SSSR count). The lowest BCUT2D eigenvalue weighted by Crippen LogP contribution is -2.39. The molecule has 7 heteroatoms. The van der Waals surface area contributed by atoms with Crippen molar-refractivity contribution < 1.29 is 18.3 Å². The SMILES string of the molecule is NC(CNS(=O)(=O)CCCC(=O)O)C1CC1. The van der Waals surface area contributed by atoms with Gasteiger partial charge in [-0.1, -0.05) is 0 Å². The Kier molecular flexibility index (Phi) is 4.69. The van der Waals surface area contributed by atoms with E-state index in [1.165, 1.54) is 0 Å². The molecule has 0 aromatic carbocycles. The molecule has 4 N–H and O–H groups in total. The van der Waals surface area contributed by atoms with Crippen molar-refractivity contribution in [1.82, 2.24) is 4.72 Å². The van der Waals surface area contributed by atoms with Crippen molar-refractivity contribution in [2.24, 2.45) is 11.7 Å². The summed E-state index contributed by atoms with van der Waals surface area (Å²) in [6, 6.07) is -0.116. The van der Waals surface area contributed by atoms with Crippen molar-refractivity contribution in [3.05, 3.63) is 0 Å². The summed E-state index contributed by atoms with van der Waals surface area (Å²) < 4.78 is 25.2. The second-order valence-electron chi connectivity index (χ2n) is 4.17. The van der Waals surface area contributed by atoms with Crippen molar-refractivity contribution in [2.45, 2.75) is 31.7 Å². The Morgan fingerprint density at radius 1 is 1.50 bits per heavy atom. The van der Waals surface area contributed by atoms with Crippen molar-refractivity contribution in [2.75, 3.05) is 12.3 Å². The van der Waals surface area contributed by atoms with Gasteiger partial charge < -0.3 is 10.8 Å². The second kappa shape index (κ2) is 5.60. The molecule has 1 aliphatic rings. The van der Waals surface area contributed by atoms with Gasteiger partial charge in [-0.3, -0.25) is 4.79 Å². The summed E-state index contributed by atoms with van der Waals surface area (Å²) in [5.74, 6) is -0.692. The molecule has 1 fully saturated rings. The minimum absolute atomic E-state index is 0.116. The van der Waals surface area contributed by atoms with E-state index in [9.17, 15) is 13.2 Å². The number of nitrogens with two attached hydrogens (primary N) is 1. The number of sulfonamides is 1. The summed E-state index contributed by atoms with van der Waals surface area (Å²) in [7, 11) is -3.37. The van der Waals surface area contributed by atoms with E-state index in [-0.39, 0.29) is 31.2 Å². The Morgan fingerprint density at radius 3 is 2.62 bits per heavy atom. The van der Waals surface area contributed by atoms with Crippen LogP contribution >= 0.6 is 0 Å². The highest BCUT2D eigenvalue weighted by atomic mass is 32.2. The van der Waals surface area contributed by atoms with Crippen LogP contribution < -0.4 is 10.5 Å². The molecule has 0 radical (unpaired) electrons. The molecule has 0 aromatic heterocycles. The highest BCUT2D eigenvalue weighted by Crippen LogP contribution is 2.31. The largest absolute Gasteiger partial charge is 0.481 e. The van der Waals surface area contributed by atoms with Gasteiger partial charge in [0, 0.05) is 19.0 Å². The Balaban J connectivity index is 2.19. The molecule has 0 aromatic rings. The van der Waals surface area contributed by atoms with Crippen LogP contribution in [0.5, 0.6) is 0 Å². The van der Waals surface area contributed by atoms with Gasteiger partial charge >= 0.3 is 5.97 Å². The van der Waals surface area contributed by atoms with Crippen LogP contribution in [-0.2, 0) is 14.8 Å². The molecule has 0 heterocycles. The molecule has 1 aliphatic carbocycles. The Hall–Kier alpha value is -0.660. The quantitative estimate of drug-likeness (QED) is 0.538. The lowest BCUT2D eigenvalue weighted by Gasteiger charge is -2.11. The first-order valence-corrected chi connectivity index (χ1v) is 7.00. The van der Waals surface area contributed by atoms with Gasteiger partial charge in [-0.15, -0.1) is 0 Å². The smallest absolute Gasteiger partial charge is 0.303 e. The highest BCUT2D eigenvalue weighted by Gasteiger charge is 2.29. The van der Waals surface area contributed by atoms with Gasteiger partial charge in [0.25, 0.3) is 0 Å². The lowest BCUT2D eigenvalue weighted by atomic mass is 10.2. The normalized spacial score (nSPS) is 18.3. The van der Waals surface area contributed by atoms with Crippen LogP contribution in [0, 0.1) is 5.92 Å². The van der Waals surface area contributed by atoms with Crippen LogP contribution in [0.3, 0.4) is 0 Å². The fraction of sp³-hybridized carbons (Fsp3) is 0.889. The Morgan fingerprint density at radius 2 is 2.12 bits per heavy atom. The van der Waals surface area contributed by atoms with Crippen molar-refractivity contribution in [3.8, 4) is 0 Å². The molecule has 0 aliphatic heterocycles. The van der Waals surface area contributed by atoms with Gasteiger partial charge in [-0.2, -0.15) is 0 Å². The number of nitrogens with one attached hydrogen (secondary N) is 1. The molecule has 0 spiro atoms. The third-order valence-electron chi connectivity index (χ3n) is 2.57. The number of hydrogen-bond donors (Lipinski definition) is 3. The van der Waals surface area contributed by atoms with Crippen LogP contribution in [0.1, 0.15) is 25.7 Å². The number of aliphatic carboxylic acids is 1. The van der Waals surface area contributed by atoms with E-state index in [4.69, 9.17) is 10.8 Å². The first-order valence-electron chi connectivity index (χ1n) is 5.35. The topological polar surface area (TPSA) is 109 Å². The molecule has 0 bridgehead atoms. The van der Waals surface area contributed by atoms with Gasteiger partial charge in [-0.25, -0.2) is 13.1 Å². The standard InChI is InChI=1S/C9H18N2O4S/c10-8(7-3-4-7)6-11-16(14,15)5-1-2-9(12)13/h7-8,11H,1-6,10H2,(H,12,13). The van der Waals surface area contributed by atoms with E-state index < -0.39 is 16.0 Å². The number of carbonyl (C=O) groups is 1. The summed E-state index contributed by atoms with van der Waals surface area (Å²) >= 11 is 0. The van der Waals surface area contributed by atoms with Gasteiger partial charge in [0.2, 0.25) is 10.0 Å². The van der Waals surface area contributed by atoms with E-state index in [0.717, 1.165) is 12.8 Å². The van der Waals surface area contributed by atoms with Crippen LogP contribution in [0.25, 0.3) is 0 Å². The fourth-order valence-corrected chi connectivity index (χ4v) is 2.51. The third-order valence-corrected chi connectivity index (χ3v) is 4.00. The van der Waals surface area contributed by atoms with E-state index >= 15 is 0 Å². The molecule has 0 amide bonds. The number of carboxylic acids is 1. The second-order valence-corrected chi connectivity index (χ2v) is 6.09. The van der Waals surface area contributed by atoms with Gasteiger partial charge in [0.15, 0.2) is 0 Å². The van der Waals surface area contributed by atoms with Gasteiger partial charge in [-0.05, 0) is 25.2 Å². The molecule has 1 unspecified atom stereocenters. The molecule has 0 saturated heterocycles. The molecule has 1 atom stereocenters. The molecular weight excluding hydrogens is 232 g/mol. The maximum atomic E-state index is 11.4. The summed E-state index contributed by atoms with van der Waals surface area (Å²) in [5, 5.41) is 8.37. The van der Waals surface area contributed by atoms with Crippen LogP contribution in [0.4, 0.5) is 0 Å². The zero-order valence-corrected chi connectivity index (χ0v) is 9.87. The minimum atomic E-state index is -3.37. The molecule has 16 heavy (non-hydrogen) atoms. The average molecular weight is 250 g/mol. The van der Waals surface area contributed by atoms with Crippen molar-refractivity contribution in [3.63, 3.8) is 0 Å². The van der Waals surface area contributed by atoms with Crippen molar-refractivity contribution in [1.29, 1.82) is 0 Å². The van der Waals surface area contributed by atoms with E-state index in [0.29, 0.717) is 5.92 Å². The van der Waals surface area contributed by atoms with E-state index in [1.807, 2.05) is 0 Å². The predicted octanol–water partition coefficient (Wildman–Crippen LogP) is -0.492. The third kappa shape index (κ3) is 5.43. The fourth-order valence-electron chi connectivity index (χ4n) is 1.40. The summed E-state index contributed by atoms with van der Waals surface area (Å²) in [6.45, 7) is 0.250. The molecular formula is C9H18N2O4S. The van der Waals surface area contributed by atoms with Crippen LogP contribution in [0.15, 0.2) is 0 Å². The summed E-state index contributed by atoms with van der Waals surface area (Å²) in [6.07, 6.45) is 2.14. The predicted molar refractivity (Wildman–Crippen MR) is 59.4 cm³/mol. The van der Waals surface area contributed by atoms with Crippen LogP contribution in [0.2, 0.25) is 0 Å². The van der Waals surface area contributed by atoms with E-state index in [1.54, 1.807) is 0 Å². The number of carboxylic acid groups (broad SMARTS) is 1. The van der Waals surface area contributed by atoms with Crippen LogP contribution in [-0.4, -0.2) is 37.8 Å². The number of hydrogen-bond acceptors (Lipinski definition) is 4. The molecule has 94 valence electrons. The minimum Gasteiger partial charge on any atom is -0.481 e. The Labute approximate surface area is 95.3 Å². The zero-order chi connectivity index (χ0) is 12.2. The first-order chi connectivity index (χ1) is 7.41. The molecule has 6 nitrogen and oxygen atoms in total. The lowest BCUT2D eigenvalue weighted by molar-refractivity contribution is -0.137. The van der Waals surface area contributed by atoms with Gasteiger partial charge in [0.05, 0.1) is 5.75 Å². The summed E-state index contributed by atoms with van der Waals surface area (Å²) in [5.41, 5.74) is 5.74. The monoisotopic (exact) mass is 250 g/mol. The average Bonchev–Trinajstić information content (AvgIpc) is 2.96. The number of rotatable bonds is 8. The molecule has 1 saturated carbocycles. The van der Waals surface area contributed by atoms with Crippen molar-refractivity contribution >= 4 is 16.0 Å². The first kappa shape index (κ1) is 13.4. The zero-order valence-electron chi connectivity index (χ0n) is 9.05. The van der Waals surface area contributed by atoms with Gasteiger partial charge in [0.1, 0.15) is 0 Å².